The zero-order valence-corrected chi connectivity index (χ0v) is 13.2. The molecule has 3 heterocycles. The molecule has 2 N–H and O–H groups in total. The second kappa shape index (κ2) is 6.48. The van der Waals surface area contributed by atoms with E-state index in [0.29, 0.717) is 27.5 Å². The highest BCUT2D eigenvalue weighted by atomic mass is 32.1. The van der Waals surface area contributed by atoms with Crippen LogP contribution in [-0.4, -0.2) is 31.4 Å². The zero-order valence-electron chi connectivity index (χ0n) is 12.3. The Morgan fingerprint density at radius 2 is 2.22 bits per heavy atom. The Morgan fingerprint density at radius 3 is 2.91 bits per heavy atom. The SMILES string of the molecule is Cc1noc([C@@H](C)NC(=O)Nc2nnc(-c3ccccn3)s2)n1. The van der Waals surface area contributed by atoms with Gasteiger partial charge in [-0.1, -0.05) is 22.6 Å². The van der Waals surface area contributed by atoms with Crippen molar-refractivity contribution in [2.24, 2.45) is 0 Å². The maximum atomic E-state index is 12.0. The third-order valence-electron chi connectivity index (χ3n) is 2.79. The summed E-state index contributed by atoms with van der Waals surface area (Å²) in [6, 6.07) is 4.65. The Kier molecular flexibility index (Phi) is 4.24. The average molecular weight is 331 g/mol. The number of hydrogen-bond donors (Lipinski definition) is 2. The number of urea groups is 1. The molecule has 0 aliphatic heterocycles. The molecule has 0 radical (unpaired) electrons. The molecule has 0 fully saturated rings. The van der Waals surface area contributed by atoms with Gasteiger partial charge in [0.15, 0.2) is 10.8 Å². The quantitative estimate of drug-likeness (QED) is 0.752. The third kappa shape index (κ3) is 3.66. The van der Waals surface area contributed by atoms with Gasteiger partial charge in [0, 0.05) is 6.20 Å². The number of anilines is 1. The summed E-state index contributed by atoms with van der Waals surface area (Å²) < 4.78 is 5.00. The molecule has 0 aliphatic carbocycles. The number of hydrogen-bond acceptors (Lipinski definition) is 8. The minimum Gasteiger partial charge on any atom is -0.337 e. The van der Waals surface area contributed by atoms with Crippen LogP contribution in [0.2, 0.25) is 0 Å². The number of carbonyl (C=O) groups is 1. The number of amides is 2. The molecule has 0 unspecified atom stereocenters. The van der Waals surface area contributed by atoms with Crippen LogP contribution in [0.25, 0.3) is 10.7 Å². The molecule has 3 aromatic heterocycles. The number of pyridine rings is 1. The summed E-state index contributed by atoms with van der Waals surface area (Å²) in [6.07, 6.45) is 1.67. The molecule has 0 aliphatic rings. The summed E-state index contributed by atoms with van der Waals surface area (Å²) in [5.74, 6) is 0.849. The molecule has 118 valence electrons. The van der Waals surface area contributed by atoms with Crippen LogP contribution < -0.4 is 10.6 Å². The van der Waals surface area contributed by atoms with Crippen molar-refractivity contribution in [1.29, 1.82) is 0 Å². The van der Waals surface area contributed by atoms with E-state index in [1.807, 2.05) is 18.2 Å². The lowest BCUT2D eigenvalue weighted by molar-refractivity contribution is 0.245. The lowest BCUT2D eigenvalue weighted by Crippen LogP contribution is -2.31. The number of aryl methyl sites for hydroxylation is 1. The van der Waals surface area contributed by atoms with Gasteiger partial charge in [0.25, 0.3) is 0 Å². The van der Waals surface area contributed by atoms with Crippen LogP contribution in [0.4, 0.5) is 9.93 Å². The van der Waals surface area contributed by atoms with E-state index in [4.69, 9.17) is 4.52 Å². The topological polar surface area (TPSA) is 119 Å². The highest BCUT2D eigenvalue weighted by Crippen LogP contribution is 2.24. The van der Waals surface area contributed by atoms with Crippen LogP contribution in [0.15, 0.2) is 28.9 Å². The van der Waals surface area contributed by atoms with E-state index in [1.165, 1.54) is 11.3 Å². The van der Waals surface area contributed by atoms with Crippen molar-refractivity contribution >= 4 is 22.5 Å². The van der Waals surface area contributed by atoms with Crippen molar-refractivity contribution in [1.82, 2.24) is 30.6 Å². The van der Waals surface area contributed by atoms with Crippen LogP contribution in [0, 0.1) is 6.92 Å². The van der Waals surface area contributed by atoms with Gasteiger partial charge in [-0.3, -0.25) is 10.3 Å². The van der Waals surface area contributed by atoms with Gasteiger partial charge in [0.1, 0.15) is 11.7 Å². The highest BCUT2D eigenvalue weighted by molar-refractivity contribution is 7.18. The first-order chi connectivity index (χ1) is 11.1. The van der Waals surface area contributed by atoms with Crippen LogP contribution in [0.3, 0.4) is 0 Å². The monoisotopic (exact) mass is 331 g/mol. The molecule has 0 bridgehead atoms. The maximum Gasteiger partial charge on any atom is 0.321 e. The van der Waals surface area contributed by atoms with Crippen molar-refractivity contribution in [3.8, 4) is 10.7 Å². The van der Waals surface area contributed by atoms with Crippen molar-refractivity contribution in [3.05, 3.63) is 36.1 Å². The van der Waals surface area contributed by atoms with E-state index in [2.05, 4.69) is 36.0 Å². The number of nitrogens with one attached hydrogen (secondary N) is 2. The molecular weight excluding hydrogens is 318 g/mol. The molecule has 2 amide bonds. The van der Waals surface area contributed by atoms with Gasteiger partial charge in [-0.15, -0.1) is 10.2 Å². The minimum atomic E-state index is -0.433. The van der Waals surface area contributed by atoms with Crippen LogP contribution in [0.5, 0.6) is 0 Å². The first-order valence-corrected chi connectivity index (χ1v) is 7.56. The molecule has 23 heavy (non-hydrogen) atoms. The number of rotatable bonds is 4. The molecule has 9 nitrogen and oxygen atoms in total. The first kappa shape index (κ1) is 15.0. The van der Waals surface area contributed by atoms with Crippen molar-refractivity contribution < 1.29 is 9.32 Å². The molecule has 10 heteroatoms. The Hall–Kier alpha value is -2.88. The second-order valence-corrected chi connectivity index (χ2v) is 5.60. The number of nitrogens with zero attached hydrogens (tertiary/aromatic N) is 5. The molecule has 0 saturated heterocycles. The van der Waals surface area contributed by atoms with Crippen LogP contribution >= 0.6 is 11.3 Å². The summed E-state index contributed by atoms with van der Waals surface area (Å²) in [5.41, 5.74) is 0.702. The van der Waals surface area contributed by atoms with Gasteiger partial charge >= 0.3 is 6.03 Å². The zero-order chi connectivity index (χ0) is 16.2. The first-order valence-electron chi connectivity index (χ1n) is 6.74. The normalized spacial score (nSPS) is 11.9. The van der Waals surface area contributed by atoms with Gasteiger partial charge in [-0.2, -0.15) is 4.98 Å². The van der Waals surface area contributed by atoms with E-state index in [0.717, 1.165) is 0 Å². The van der Waals surface area contributed by atoms with E-state index in [9.17, 15) is 4.79 Å². The van der Waals surface area contributed by atoms with Crippen LogP contribution in [-0.2, 0) is 0 Å². The fourth-order valence-corrected chi connectivity index (χ4v) is 2.46. The van der Waals surface area contributed by atoms with Crippen molar-refractivity contribution in [3.63, 3.8) is 0 Å². The minimum absolute atomic E-state index is 0.337. The second-order valence-electron chi connectivity index (χ2n) is 4.63. The fourth-order valence-electron chi connectivity index (χ4n) is 1.75. The Bertz CT molecular complexity index is 802. The summed E-state index contributed by atoms with van der Waals surface area (Å²) in [6.45, 7) is 3.45. The van der Waals surface area contributed by atoms with Crippen LogP contribution in [0.1, 0.15) is 24.7 Å². The average Bonchev–Trinajstić information content (AvgIpc) is 3.17. The number of carbonyl (C=O) groups excluding carboxylic acids is 1. The Labute approximate surface area is 135 Å². The van der Waals surface area contributed by atoms with E-state index in [1.54, 1.807) is 20.0 Å². The predicted octanol–water partition coefficient (Wildman–Crippen LogP) is 2.17. The molecule has 0 aromatic carbocycles. The Balaban J connectivity index is 1.61. The van der Waals surface area contributed by atoms with Gasteiger partial charge in [-0.05, 0) is 26.0 Å². The predicted molar refractivity (Wildman–Crippen MR) is 82.7 cm³/mol. The largest absolute Gasteiger partial charge is 0.337 e. The highest BCUT2D eigenvalue weighted by Gasteiger charge is 2.17. The maximum absolute atomic E-state index is 12.0. The lowest BCUT2D eigenvalue weighted by atomic mass is 10.3. The van der Waals surface area contributed by atoms with Gasteiger partial charge in [0.05, 0.1) is 0 Å². The molecule has 3 rings (SSSR count). The lowest BCUT2D eigenvalue weighted by Gasteiger charge is -2.08. The fraction of sp³-hybridized carbons (Fsp3) is 0.231. The Morgan fingerprint density at radius 1 is 1.35 bits per heavy atom. The summed E-state index contributed by atoms with van der Waals surface area (Å²) >= 11 is 1.23. The molecular formula is C13H13N7O2S. The van der Waals surface area contributed by atoms with Crippen molar-refractivity contribution in [2.75, 3.05) is 5.32 Å². The summed E-state index contributed by atoms with van der Waals surface area (Å²) in [5, 5.41) is 17.9. The molecule has 1 atom stereocenters. The number of aromatic nitrogens is 5. The summed E-state index contributed by atoms with van der Waals surface area (Å²) in [4.78, 5) is 20.2. The standard InChI is InChI=1S/C13H13N7O2S/c1-7(10-16-8(2)20-22-10)15-12(21)17-13-19-18-11(23-13)9-5-3-4-6-14-9/h3-7H,1-2H3,(H2,15,17,19,21)/t7-/m1/s1. The van der Waals surface area contributed by atoms with E-state index >= 15 is 0 Å². The molecule has 3 aromatic rings. The molecule has 0 saturated carbocycles. The summed E-state index contributed by atoms with van der Waals surface area (Å²) in [7, 11) is 0. The van der Waals surface area contributed by atoms with E-state index < -0.39 is 12.1 Å². The van der Waals surface area contributed by atoms with Crippen molar-refractivity contribution in [2.45, 2.75) is 19.9 Å². The van der Waals surface area contributed by atoms with Gasteiger partial charge in [0.2, 0.25) is 11.0 Å². The van der Waals surface area contributed by atoms with E-state index in [-0.39, 0.29) is 0 Å². The van der Waals surface area contributed by atoms with Gasteiger partial charge < -0.3 is 9.84 Å². The third-order valence-corrected chi connectivity index (χ3v) is 3.65. The smallest absolute Gasteiger partial charge is 0.321 e. The molecule has 0 spiro atoms. The van der Waals surface area contributed by atoms with Gasteiger partial charge in [-0.25, -0.2) is 4.79 Å².